The first-order chi connectivity index (χ1) is 10.2. The summed E-state index contributed by atoms with van der Waals surface area (Å²) in [4.78, 5) is 12.6. The van der Waals surface area contributed by atoms with Crippen molar-refractivity contribution in [2.75, 3.05) is 0 Å². The van der Waals surface area contributed by atoms with Crippen LogP contribution in [-0.2, 0) is 0 Å². The molecular formula is C18H15N3. The standard InChI is InChI=1S/C18H15N3/c1-11-9-16-17(10-12(11)2)21-18(20-16)14-7-8-19-15-6-4-3-5-13(14)15/h3-10H,1-2H3,(H,20,21). The maximum Gasteiger partial charge on any atom is 0.139 e. The second kappa shape index (κ2) is 4.42. The van der Waals surface area contributed by atoms with Gasteiger partial charge in [-0.3, -0.25) is 4.98 Å². The first kappa shape index (κ1) is 12.1. The molecule has 4 aromatic rings. The third-order valence-corrected chi connectivity index (χ3v) is 4.00. The lowest BCUT2D eigenvalue weighted by molar-refractivity contribution is 1.33. The molecule has 1 N–H and O–H groups in total. The summed E-state index contributed by atoms with van der Waals surface area (Å²) in [7, 11) is 0. The topological polar surface area (TPSA) is 41.6 Å². The number of benzene rings is 2. The van der Waals surface area contributed by atoms with Crippen LogP contribution in [0.2, 0.25) is 0 Å². The molecule has 4 rings (SSSR count). The SMILES string of the molecule is Cc1cc2nc(-c3ccnc4ccccc34)[nH]c2cc1C. The minimum absolute atomic E-state index is 0.897. The third-order valence-electron chi connectivity index (χ3n) is 4.00. The lowest BCUT2D eigenvalue weighted by atomic mass is 10.1. The molecule has 0 unspecified atom stereocenters. The Kier molecular flexibility index (Phi) is 2.54. The first-order valence-electron chi connectivity index (χ1n) is 7.03. The van der Waals surface area contributed by atoms with Gasteiger partial charge in [0.2, 0.25) is 0 Å². The maximum absolute atomic E-state index is 4.75. The van der Waals surface area contributed by atoms with Gasteiger partial charge in [0.15, 0.2) is 0 Å². The number of nitrogens with one attached hydrogen (secondary N) is 1. The highest BCUT2D eigenvalue weighted by Gasteiger charge is 2.10. The monoisotopic (exact) mass is 273 g/mol. The fraction of sp³-hybridized carbons (Fsp3) is 0.111. The molecule has 2 heterocycles. The third kappa shape index (κ3) is 1.89. The average molecular weight is 273 g/mol. The molecule has 0 radical (unpaired) electrons. The summed E-state index contributed by atoms with van der Waals surface area (Å²) >= 11 is 0. The Balaban J connectivity index is 2.00. The number of rotatable bonds is 1. The quantitative estimate of drug-likeness (QED) is 0.558. The molecule has 0 saturated heterocycles. The van der Waals surface area contributed by atoms with Gasteiger partial charge in [0.05, 0.1) is 16.6 Å². The molecule has 102 valence electrons. The summed E-state index contributed by atoms with van der Waals surface area (Å²) in [6.07, 6.45) is 1.83. The van der Waals surface area contributed by atoms with E-state index in [2.05, 4.69) is 42.0 Å². The number of nitrogens with zero attached hydrogens (tertiary/aromatic N) is 2. The van der Waals surface area contributed by atoms with E-state index in [0.717, 1.165) is 33.3 Å². The smallest absolute Gasteiger partial charge is 0.139 e. The molecule has 0 amide bonds. The number of H-pyrrole nitrogens is 1. The van der Waals surface area contributed by atoms with Gasteiger partial charge in [-0.15, -0.1) is 0 Å². The molecule has 0 bridgehead atoms. The Hall–Kier alpha value is -2.68. The number of pyridine rings is 1. The van der Waals surface area contributed by atoms with Crippen LogP contribution in [-0.4, -0.2) is 15.0 Å². The molecule has 3 nitrogen and oxygen atoms in total. The van der Waals surface area contributed by atoms with Gasteiger partial charge in [0.25, 0.3) is 0 Å². The van der Waals surface area contributed by atoms with Crippen molar-refractivity contribution in [3.8, 4) is 11.4 Å². The van der Waals surface area contributed by atoms with Crippen LogP contribution in [0.25, 0.3) is 33.3 Å². The molecule has 2 aromatic heterocycles. The summed E-state index contributed by atoms with van der Waals surface area (Å²) in [5, 5.41) is 1.12. The summed E-state index contributed by atoms with van der Waals surface area (Å²) in [6, 6.07) is 14.4. The van der Waals surface area contributed by atoms with Crippen LogP contribution >= 0.6 is 0 Å². The van der Waals surface area contributed by atoms with E-state index in [-0.39, 0.29) is 0 Å². The van der Waals surface area contributed by atoms with Gasteiger partial charge in [0, 0.05) is 17.1 Å². The second-order valence-electron chi connectivity index (χ2n) is 5.41. The van der Waals surface area contributed by atoms with E-state index in [1.807, 2.05) is 30.5 Å². The van der Waals surface area contributed by atoms with Crippen LogP contribution in [0.5, 0.6) is 0 Å². The van der Waals surface area contributed by atoms with Gasteiger partial charge in [-0.1, -0.05) is 18.2 Å². The van der Waals surface area contributed by atoms with E-state index in [4.69, 9.17) is 4.98 Å². The highest BCUT2D eigenvalue weighted by molar-refractivity contribution is 5.94. The molecular weight excluding hydrogens is 258 g/mol. The van der Waals surface area contributed by atoms with Crippen LogP contribution in [0.1, 0.15) is 11.1 Å². The highest BCUT2D eigenvalue weighted by atomic mass is 14.9. The summed E-state index contributed by atoms with van der Waals surface area (Å²) in [5.74, 6) is 0.897. The zero-order chi connectivity index (χ0) is 14.4. The number of aromatic nitrogens is 3. The number of para-hydroxylation sites is 1. The van der Waals surface area contributed by atoms with Crippen molar-refractivity contribution in [1.29, 1.82) is 0 Å². The molecule has 2 aromatic carbocycles. The minimum atomic E-state index is 0.897. The van der Waals surface area contributed by atoms with Crippen LogP contribution in [0.3, 0.4) is 0 Å². The van der Waals surface area contributed by atoms with Crippen LogP contribution in [0.4, 0.5) is 0 Å². The van der Waals surface area contributed by atoms with Gasteiger partial charge in [-0.25, -0.2) is 4.98 Å². The van der Waals surface area contributed by atoms with Gasteiger partial charge >= 0.3 is 0 Å². The Morgan fingerprint density at radius 2 is 1.71 bits per heavy atom. The minimum Gasteiger partial charge on any atom is -0.338 e. The van der Waals surface area contributed by atoms with Crippen molar-refractivity contribution in [1.82, 2.24) is 15.0 Å². The number of imidazole rings is 1. The van der Waals surface area contributed by atoms with Crippen LogP contribution < -0.4 is 0 Å². The van der Waals surface area contributed by atoms with Crippen molar-refractivity contribution in [3.05, 3.63) is 59.8 Å². The van der Waals surface area contributed by atoms with Gasteiger partial charge in [-0.2, -0.15) is 0 Å². The van der Waals surface area contributed by atoms with E-state index < -0.39 is 0 Å². The van der Waals surface area contributed by atoms with Crippen molar-refractivity contribution < 1.29 is 0 Å². The van der Waals surface area contributed by atoms with Crippen LogP contribution in [0.15, 0.2) is 48.7 Å². The number of aryl methyl sites for hydroxylation is 2. The zero-order valence-electron chi connectivity index (χ0n) is 12.0. The van der Waals surface area contributed by atoms with E-state index in [1.165, 1.54) is 11.1 Å². The van der Waals surface area contributed by atoms with Crippen molar-refractivity contribution in [3.63, 3.8) is 0 Å². The normalized spacial score (nSPS) is 11.3. The van der Waals surface area contributed by atoms with E-state index in [0.29, 0.717) is 0 Å². The molecule has 0 aliphatic carbocycles. The molecule has 0 aliphatic heterocycles. The lowest BCUT2D eigenvalue weighted by Crippen LogP contribution is -1.85. The maximum atomic E-state index is 4.75. The molecule has 0 atom stereocenters. The summed E-state index contributed by atoms with van der Waals surface area (Å²) < 4.78 is 0. The largest absolute Gasteiger partial charge is 0.338 e. The molecule has 0 fully saturated rings. The Morgan fingerprint density at radius 1 is 0.905 bits per heavy atom. The number of hydrogen-bond acceptors (Lipinski definition) is 2. The molecule has 3 heteroatoms. The van der Waals surface area contributed by atoms with Gasteiger partial charge in [0.1, 0.15) is 5.82 Å². The van der Waals surface area contributed by atoms with Gasteiger partial charge in [-0.05, 0) is 49.2 Å². The predicted molar refractivity (Wildman–Crippen MR) is 86.3 cm³/mol. The second-order valence-corrected chi connectivity index (χ2v) is 5.41. The summed E-state index contributed by atoms with van der Waals surface area (Å²) in [6.45, 7) is 4.24. The fourth-order valence-electron chi connectivity index (χ4n) is 2.70. The summed E-state index contributed by atoms with van der Waals surface area (Å²) in [5.41, 5.74) is 6.70. The van der Waals surface area contributed by atoms with Crippen molar-refractivity contribution in [2.45, 2.75) is 13.8 Å². The average Bonchev–Trinajstić information content (AvgIpc) is 2.90. The Bertz CT molecular complexity index is 922. The molecule has 21 heavy (non-hydrogen) atoms. The predicted octanol–water partition coefficient (Wildman–Crippen LogP) is 4.39. The van der Waals surface area contributed by atoms with E-state index >= 15 is 0 Å². The fourth-order valence-corrected chi connectivity index (χ4v) is 2.70. The zero-order valence-corrected chi connectivity index (χ0v) is 12.0. The van der Waals surface area contributed by atoms with E-state index in [9.17, 15) is 0 Å². The van der Waals surface area contributed by atoms with Gasteiger partial charge < -0.3 is 4.98 Å². The van der Waals surface area contributed by atoms with Crippen molar-refractivity contribution >= 4 is 21.9 Å². The number of fused-ring (bicyclic) bond motifs is 2. The molecule has 0 saturated carbocycles. The van der Waals surface area contributed by atoms with Crippen LogP contribution in [0, 0.1) is 13.8 Å². The van der Waals surface area contributed by atoms with Crippen molar-refractivity contribution in [2.24, 2.45) is 0 Å². The molecule has 0 aliphatic rings. The Morgan fingerprint density at radius 3 is 2.62 bits per heavy atom. The first-order valence-corrected chi connectivity index (χ1v) is 7.03. The highest BCUT2D eigenvalue weighted by Crippen LogP contribution is 2.27. The Labute approximate surface area is 122 Å². The lowest BCUT2D eigenvalue weighted by Gasteiger charge is -2.02. The number of hydrogen-bond donors (Lipinski definition) is 1. The van der Waals surface area contributed by atoms with E-state index in [1.54, 1.807) is 0 Å². The molecule has 0 spiro atoms. The number of aromatic amines is 1.